The van der Waals surface area contributed by atoms with Crippen molar-refractivity contribution in [2.24, 2.45) is 0 Å². The minimum absolute atomic E-state index is 0.0126. The van der Waals surface area contributed by atoms with Crippen LogP contribution < -0.4 is 0 Å². The summed E-state index contributed by atoms with van der Waals surface area (Å²) in [6.45, 7) is 0. The number of rotatable bonds is 4. The number of aromatic nitrogens is 4. The van der Waals surface area contributed by atoms with E-state index in [1.54, 1.807) is 0 Å². The van der Waals surface area contributed by atoms with E-state index in [9.17, 15) is 13.2 Å². The van der Waals surface area contributed by atoms with Crippen molar-refractivity contribution in [3.63, 3.8) is 0 Å². The van der Waals surface area contributed by atoms with E-state index in [0.29, 0.717) is 18.0 Å². The number of tetrazole rings is 1. The summed E-state index contributed by atoms with van der Waals surface area (Å²) in [7, 11) is -3.05. The number of aliphatic carboxylic acids is 1. The molecule has 2 heterocycles. The summed E-state index contributed by atoms with van der Waals surface area (Å²) in [6.07, 6.45) is 1.26. The average molecular weight is 292 g/mol. The molecule has 0 aliphatic carbocycles. The molecule has 0 saturated carbocycles. The normalized spacial score (nSPS) is 22.8. The number of thioether (sulfide) groups is 1. The van der Waals surface area contributed by atoms with Gasteiger partial charge in [-0.3, -0.25) is 4.79 Å². The van der Waals surface area contributed by atoms with Crippen LogP contribution >= 0.6 is 11.8 Å². The third kappa shape index (κ3) is 3.19. The highest BCUT2D eigenvalue weighted by atomic mass is 32.2. The molecule has 10 heteroatoms. The maximum absolute atomic E-state index is 11.6. The Morgan fingerprint density at radius 1 is 1.56 bits per heavy atom. The van der Waals surface area contributed by atoms with Gasteiger partial charge in [0, 0.05) is 0 Å². The summed E-state index contributed by atoms with van der Waals surface area (Å²) in [5, 5.41) is 19.9. The van der Waals surface area contributed by atoms with E-state index in [1.165, 1.54) is 4.68 Å². The Bertz CT molecular complexity index is 541. The van der Waals surface area contributed by atoms with Crippen molar-refractivity contribution < 1.29 is 18.3 Å². The summed E-state index contributed by atoms with van der Waals surface area (Å²) >= 11 is 0.988. The lowest BCUT2D eigenvalue weighted by molar-refractivity contribution is -0.133. The number of carboxylic acids is 1. The van der Waals surface area contributed by atoms with Crippen LogP contribution in [0, 0.1) is 0 Å². The zero-order chi connectivity index (χ0) is 13.2. The van der Waals surface area contributed by atoms with Crippen molar-refractivity contribution in [3.05, 3.63) is 0 Å². The van der Waals surface area contributed by atoms with Crippen molar-refractivity contribution in [1.29, 1.82) is 0 Å². The van der Waals surface area contributed by atoms with Gasteiger partial charge >= 0.3 is 5.97 Å². The molecule has 2 rings (SSSR count). The monoisotopic (exact) mass is 292 g/mol. The highest BCUT2D eigenvalue weighted by molar-refractivity contribution is 7.99. The van der Waals surface area contributed by atoms with Gasteiger partial charge in [0.25, 0.3) is 0 Å². The molecule has 8 nitrogen and oxygen atoms in total. The van der Waals surface area contributed by atoms with Crippen LogP contribution in [0.4, 0.5) is 0 Å². The molecular formula is C8H12N4O4S2. The lowest BCUT2D eigenvalue weighted by Crippen LogP contribution is -2.28. The first kappa shape index (κ1) is 13.3. The van der Waals surface area contributed by atoms with Crippen molar-refractivity contribution in [3.8, 4) is 0 Å². The van der Waals surface area contributed by atoms with Gasteiger partial charge in [-0.25, -0.2) is 13.1 Å². The quantitative estimate of drug-likeness (QED) is 0.745. The van der Waals surface area contributed by atoms with E-state index in [4.69, 9.17) is 5.11 Å². The van der Waals surface area contributed by atoms with Crippen LogP contribution in [0.2, 0.25) is 0 Å². The standard InChI is InChI=1S/C8H12N4O4S2/c13-7(14)4-17-8-9-10-11-12(8)6-2-1-3-18(15,16)5-6/h6H,1-5H2,(H,13,14). The molecule has 0 amide bonds. The summed E-state index contributed by atoms with van der Waals surface area (Å²) in [5.74, 6) is -0.910. The fraction of sp³-hybridized carbons (Fsp3) is 0.750. The topological polar surface area (TPSA) is 115 Å². The second kappa shape index (κ2) is 5.22. The lowest BCUT2D eigenvalue weighted by Gasteiger charge is -2.22. The lowest BCUT2D eigenvalue weighted by atomic mass is 10.2. The molecule has 1 aliphatic heterocycles. The average Bonchev–Trinajstić information content (AvgIpc) is 2.73. The predicted octanol–water partition coefficient (Wildman–Crippen LogP) is -0.400. The van der Waals surface area contributed by atoms with Gasteiger partial charge in [0.2, 0.25) is 5.16 Å². The summed E-state index contributed by atoms with van der Waals surface area (Å²) in [5.41, 5.74) is 0. The van der Waals surface area contributed by atoms with E-state index >= 15 is 0 Å². The number of hydrogen-bond donors (Lipinski definition) is 1. The molecular weight excluding hydrogens is 280 g/mol. The van der Waals surface area contributed by atoms with Crippen LogP contribution in [0.3, 0.4) is 0 Å². The van der Waals surface area contributed by atoms with Crippen LogP contribution in [-0.4, -0.2) is 57.0 Å². The Hall–Kier alpha value is -1.16. The molecule has 1 fully saturated rings. The van der Waals surface area contributed by atoms with Gasteiger partial charge in [0.05, 0.1) is 23.3 Å². The highest BCUT2D eigenvalue weighted by Crippen LogP contribution is 2.26. The van der Waals surface area contributed by atoms with Crippen molar-refractivity contribution >= 4 is 27.6 Å². The van der Waals surface area contributed by atoms with Crippen molar-refractivity contribution in [1.82, 2.24) is 20.2 Å². The number of hydrogen-bond acceptors (Lipinski definition) is 7. The van der Waals surface area contributed by atoms with Gasteiger partial charge in [0.1, 0.15) is 0 Å². The molecule has 0 aromatic carbocycles. The molecule has 1 aromatic heterocycles. The Labute approximate surface area is 108 Å². The molecule has 0 bridgehead atoms. The molecule has 1 atom stereocenters. The maximum Gasteiger partial charge on any atom is 0.313 e. The molecule has 1 N–H and O–H groups in total. The SMILES string of the molecule is O=C(O)CSc1nnnn1C1CCCS(=O)(=O)C1. The molecule has 1 aliphatic rings. The van der Waals surface area contributed by atoms with E-state index in [-0.39, 0.29) is 23.3 Å². The van der Waals surface area contributed by atoms with Gasteiger partial charge < -0.3 is 5.11 Å². The van der Waals surface area contributed by atoms with Crippen molar-refractivity contribution in [2.45, 2.75) is 24.0 Å². The second-order valence-electron chi connectivity index (χ2n) is 4.00. The number of nitrogens with zero attached hydrogens (tertiary/aromatic N) is 4. The van der Waals surface area contributed by atoms with Gasteiger partial charge in [-0.15, -0.1) is 5.10 Å². The molecule has 1 saturated heterocycles. The molecule has 0 radical (unpaired) electrons. The molecule has 0 spiro atoms. The van der Waals surface area contributed by atoms with Gasteiger partial charge in [0.15, 0.2) is 9.84 Å². The molecule has 18 heavy (non-hydrogen) atoms. The number of carbonyl (C=O) groups is 1. The smallest absolute Gasteiger partial charge is 0.313 e. The zero-order valence-electron chi connectivity index (χ0n) is 9.39. The Balaban J connectivity index is 2.13. The Morgan fingerprint density at radius 2 is 2.33 bits per heavy atom. The molecule has 1 aromatic rings. The van der Waals surface area contributed by atoms with Crippen LogP contribution in [0.1, 0.15) is 18.9 Å². The van der Waals surface area contributed by atoms with Gasteiger partial charge in [-0.2, -0.15) is 0 Å². The largest absolute Gasteiger partial charge is 0.481 e. The number of carboxylic acid groups (broad SMARTS) is 1. The second-order valence-corrected chi connectivity index (χ2v) is 7.17. The van der Waals surface area contributed by atoms with E-state index in [0.717, 1.165) is 11.8 Å². The molecule has 100 valence electrons. The first-order valence-electron chi connectivity index (χ1n) is 5.31. The predicted molar refractivity (Wildman–Crippen MR) is 63.1 cm³/mol. The van der Waals surface area contributed by atoms with Gasteiger partial charge in [-0.05, 0) is 23.3 Å². The van der Waals surface area contributed by atoms with Crippen LogP contribution in [0.5, 0.6) is 0 Å². The van der Waals surface area contributed by atoms with E-state index < -0.39 is 15.8 Å². The number of sulfone groups is 1. The summed E-state index contributed by atoms with van der Waals surface area (Å²) in [4.78, 5) is 10.5. The third-order valence-electron chi connectivity index (χ3n) is 2.57. The summed E-state index contributed by atoms with van der Waals surface area (Å²) in [6, 6.07) is -0.296. The van der Waals surface area contributed by atoms with Crippen molar-refractivity contribution in [2.75, 3.05) is 17.3 Å². The fourth-order valence-electron chi connectivity index (χ4n) is 1.83. The zero-order valence-corrected chi connectivity index (χ0v) is 11.0. The van der Waals surface area contributed by atoms with E-state index in [1.807, 2.05) is 0 Å². The minimum Gasteiger partial charge on any atom is -0.481 e. The fourth-order valence-corrected chi connectivity index (χ4v) is 4.16. The van der Waals surface area contributed by atoms with E-state index in [2.05, 4.69) is 15.5 Å². The first-order valence-corrected chi connectivity index (χ1v) is 8.11. The Kier molecular flexibility index (Phi) is 3.85. The summed E-state index contributed by atoms with van der Waals surface area (Å²) < 4.78 is 24.5. The highest BCUT2D eigenvalue weighted by Gasteiger charge is 2.28. The molecule has 1 unspecified atom stereocenters. The van der Waals surface area contributed by atoms with Crippen LogP contribution in [-0.2, 0) is 14.6 Å². The van der Waals surface area contributed by atoms with Gasteiger partial charge in [-0.1, -0.05) is 11.8 Å². The van der Waals surface area contributed by atoms with Crippen LogP contribution in [0.15, 0.2) is 5.16 Å². The third-order valence-corrected chi connectivity index (χ3v) is 5.29. The maximum atomic E-state index is 11.6. The first-order chi connectivity index (χ1) is 8.48. The Morgan fingerprint density at radius 3 is 3.00 bits per heavy atom. The van der Waals surface area contributed by atoms with Crippen LogP contribution in [0.25, 0.3) is 0 Å². The minimum atomic E-state index is -3.05.